The van der Waals surface area contributed by atoms with Gasteiger partial charge in [0, 0.05) is 36.6 Å². The lowest BCUT2D eigenvalue weighted by molar-refractivity contribution is 0.140. The number of aliphatic hydroxyl groups is 1. The number of hydrogen-bond acceptors (Lipinski definition) is 5. The van der Waals surface area contributed by atoms with Gasteiger partial charge in [-0.05, 0) is 31.5 Å². The van der Waals surface area contributed by atoms with Crippen LogP contribution in [0.5, 0.6) is 5.75 Å². The normalized spacial score (nSPS) is 20.7. The molecule has 2 aromatic heterocycles. The molecular formula is C20H24N4O2. The molecular weight excluding hydrogens is 328 g/mol. The smallest absolute Gasteiger partial charge is 0.145 e. The lowest BCUT2D eigenvalue weighted by Crippen LogP contribution is -2.22. The molecule has 3 aromatic rings. The maximum Gasteiger partial charge on any atom is 0.145 e. The Balaban J connectivity index is 1.46. The largest absolute Gasteiger partial charge is 0.494 e. The number of nitrogens with zero attached hydrogens (tertiary/aromatic N) is 3. The number of methoxy groups -OCH3 is 1. The minimum atomic E-state index is -0.331. The molecule has 0 unspecified atom stereocenters. The van der Waals surface area contributed by atoms with Crippen molar-refractivity contribution in [2.45, 2.75) is 26.0 Å². The zero-order valence-electron chi connectivity index (χ0n) is 15.1. The number of pyridine rings is 1. The molecule has 1 aliphatic heterocycles. The summed E-state index contributed by atoms with van der Waals surface area (Å²) < 4.78 is 5.43. The molecule has 1 aromatic carbocycles. The van der Waals surface area contributed by atoms with Crippen molar-refractivity contribution in [2.24, 2.45) is 5.92 Å². The molecule has 3 heterocycles. The monoisotopic (exact) mass is 352 g/mol. The van der Waals surface area contributed by atoms with Gasteiger partial charge in [0.1, 0.15) is 11.3 Å². The van der Waals surface area contributed by atoms with Crippen LogP contribution in [-0.4, -0.2) is 51.5 Å². The highest BCUT2D eigenvalue weighted by molar-refractivity contribution is 5.84. The maximum atomic E-state index is 10.4. The number of H-pyrrole nitrogens is 1. The highest BCUT2D eigenvalue weighted by atomic mass is 16.5. The quantitative estimate of drug-likeness (QED) is 0.737. The SMILES string of the molecule is COc1cccc2ccc(CN3C[C@@H](Cc4cc(C)[nH]n4)[C@@H](O)C3)nc12. The van der Waals surface area contributed by atoms with Gasteiger partial charge in [-0.2, -0.15) is 5.10 Å². The number of ether oxygens (including phenoxy) is 1. The van der Waals surface area contributed by atoms with Crippen molar-refractivity contribution < 1.29 is 9.84 Å². The first-order valence-electron chi connectivity index (χ1n) is 8.96. The summed E-state index contributed by atoms with van der Waals surface area (Å²) in [6.07, 6.45) is 0.461. The number of para-hydroxylation sites is 1. The highest BCUT2D eigenvalue weighted by Crippen LogP contribution is 2.26. The molecule has 136 valence electrons. The van der Waals surface area contributed by atoms with E-state index in [9.17, 15) is 5.11 Å². The topological polar surface area (TPSA) is 74.3 Å². The molecule has 0 spiro atoms. The van der Waals surface area contributed by atoms with E-state index >= 15 is 0 Å². The van der Waals surface area contributed by atoms with Gasteiger partial charge in [0.25, 0.3) is 0 Å². The minimum absolute atomic E-state index is 0.202. The van der Waals surface area contributed by atoms with Crippen molar-refractivity contribution in [3.05, 3.63) is 53.5 Å². The van der Waals surface area contributed by atoms with Gasteiger partial charge < -0.3 is 9.84 Å². The first-order valence-corrected chi connectivity index (χ1v) is 8.96. The fourth-order valence-corrected chi connectivity index (χ4v) is 3.76. The van der Waals surface area contributed by atoms with Crippen LogP contribution in [0.25, 0.3) is 10.9 Å². The molecule has 1 saturated heterocycles. The second-order valence-electron chi connectivity index (χ2n) is 7.10. The van der Waals surface area contributed by atoms with Crippen molar-refractivity contribution in [3.8, 4) is 5.75 Å². The van der Waals surface area contributed by atoms with E-state index in [1.165, 1.54) is 0 Å². The summed E-state index contributed by atoms with van der Waals surface area (Å²) in [4.78, 5) is 7.04. The third-order valence-electron chi connectivity index (χ3n) is 5.06. The van der Waals surface area contributed by atoms with E-state index in [0.717, 1.165) is 53.2 Å². The predicted octanol–water partition coefficient (Wildman–Crippen LogP) is 2.31. The van der Waals surface area contributed by atoms with Crippen LogP contribution < -0.4 is 4.74 Å². The lowest BCUT2D eigenvalue weighted by atomic mass is 10.0. The Bertz CT molecular complexity index is 908. The zero-order chi connectivity index (χ0) is 18.1. The molecule has 0 radical (unpaired) electrons. The summed E-state index contributed by atoms with van der Waals surface area (Å²) in [6.45, 7) is 4.23. The van der Waals surface area contributed by atoms with Crippen LogP contribution >= 0.6 is 0 Å². The number of aromatic nitrogens is 3. The molecule has 2 atom stereocenters. The molecule has 6 heteroatoms. The minimum Gasteiger partial charge on any atom is -0.494 e. The van der Waals surface area contributed by atoms with Gasteiger partial charge in [0.05, 0.1) is 24.6 Å². The van der Waals surface area contributed by atoms with Gasteiger partial charge in [-0.15, -0.1) is 0 Å². The third-order valence-corrected chi connectivity index (χ3v) is 5.06. The molecule has 0 aliphatic carbocycles. The molecule has 1 aliphatic rings. The fourth-order valence-electron chi connectivity index (χ4n) is 3.76. The molecule has 0 saturated carbocycles. The van der Waals surface area contributed by atoms with Crippen LogP contribution in [0.4, 0.5) is 0 Å². The number of nitrogens with one attached hydrogen (secondary N) is 1. The Morgan fingerprint density at radius 2 is 2.12 bits per heavy atom. The Morgan fingerprint density at radius 1 is 1.23 bits per heavy atom. The summed E-state index contributed by atoms with van der Waals surface area (Å²) in [5, 5.41) is 18.8. The molecule has 0 bridgehead atoms. The van der Waals surface area contributed by atoms with Crippen molar-refractivity contribution in [2.75, 3.05) is 20.2 Å². The van der Waals surface area contributed by atoms with Crippen LogP contribution in [0.15, 0.2) is 36.4 Å². The zero-order valence-corrected chi connectivity index (χ0v) is 15.1. The molecule has 6 nitrogen and oxygen atoms in total. The molecule has 4 rings (SSSR count). The van der Waals surface area contributed by atoms with E-state index < -0.39 is 0 Å². The number of rotatable bonds is 5. The average molecular weight is 352 g/mol. The van der Waals surface area contributed by atoms with Gasteiger partial charge in [-0.3, -0.25) is 10.00 Å². The van der Waals surface area contributed by atoms with E-state index in [-0.39, 0.29) is 12.0 Å². The first-order chi connectivity index (χ1) is 12.6. The van der Waals surface area contributed by atoms with Crippen molar-refractivity contribution in [3.63, 3.8) is 0 Å². The van der Waals surface area contributed by atoms with Crippen molar-refractivity contribution in [1.29, 1.82) is 0 Å². The van der Waals surface area contributed by atoms with Crippen molar-refractivity contribution in [1.82, 2.24) is 20.1 Å². The highest BCUT2D eigenvalue weighted by Gasteiger charge is 2.32. The summed E-state index contributed by atoms with van der Waals surface area (Å²) in [7, 11) is 1.67. The Hall–Kier alpha value is -2.44. The van der Waals surface area contributed by atoms with E-state index in [1.54, 1.807) is 7.11 Å². The van der Waals surface area contributed by atoms with Crippen LogP contribution in [0.2, 0.25) is 0 Å². The second kappa shape index (κ2) is 7.05. The number of β-amino-alcohol motifs (C(OH)–C–C–N with tert-alkyl or cyclic N) is 1. The number of benzene rings is 1. The van der Waals surface area contributed by atoms with Gasteiger partial charge in [-0.25, -0.2) is 4.98 Å². The number of hydrogen-bond donors (Lipinski definition) is 2. The number of aryl methyl sites for hydroxylation is 1. The number of fused-ring (bicyclic) bond motifs is 1. The average Bonchev–Trinajstić information content (AvgIpc) is 3.20. The Labute approximate surface area is 152 Å². The van der Waals surface area contributed by atoms with E-state index in [4.69, 9.17) is 9.72 Å². The molecule has 2 N–H and O–H groups in total. The Kier molecular flexibility index (Phi) is 4.61. The van der Waals surface area contributed by atoms with Gasteiger partial charge >= 0.3 is 0 Å². The van der Waals surface area contributed by atoms with E-state index in [1.807, 2.05) is 31.2 Å². The van der Waals surface area contributed by atoms with Gasteiger partial charge in [0.15, 0.2) is 0 Å². The van der Waals surface area contributed by atoms with Crippen LogP contribution in [-0.2, 0) is 13.0 Å². The third kappa shape index (κ3) is 3.43. The number of likely N-dealkylation sites (tertiary alicyclic amines) is 1. The van der Waals surface area contributed by atoms with Gasteiger partial charge in [0.2, 0.25) is 0 Å². The van der Waals surface area contributed by atoms with Gasteiger partial charge in [-0.1, -0.05) is 18.2 Å². The lowest BCUT2D eigenvalue weighted by Gasteiger charge is -2.15. The molecule has 26 heavy (non-hydrogen) atoms. The van der Waals surface area contributed by atoms with Crippen LogP contribution in [0, 0.1) is 12.8 Å². The molecule has 1 fully saturated rings. The maximum absolute atomic E-state index is 10.4. The van der Waals surface area contributed by atoms with Crippen LogP contribution in [0.1, 0.15) is 17.1 Å². The molecule has 0 amide bonds. The summed E-state index contributed by atoms with van der Waals surface area (Å²) in [6, 6.07) is 12.1. The number of aliphatic hydroxyl groups excluding tert-OH is 1. The summed E-state index contributed by atoms with van der Waals surface area (Å²) in [5.74, 6) is 0.991. The first kappa shape index (κ1) is 17.0. The Morgan fingerprint density at radius 3 is 2.88 bits per heavy atom. The van der Waals surface area contributed by atoms with E-state index in [0.29, 0.717) is 6.54 Å². The number of aromatic amines is 1. The fraction of sp³-hybridized carbons (Fsp3) is 0.400. The second-order valence-corrected chi connectivity index (χ2v) is 7.10. The van der Waals surface area contributed by atoms with E-state index in [2.05, 4.69) is 27.2 Å². The predicted molar refractivity (Wildman–Crippen MR) is 100 cm³/mol. The van der Waals surface area contributed by atoms with Crippen LogP contribution in [0.3, 0.4) is 0 Å². The summed E-state index contributed by atoms with van der Waals surface area (Å²) >= 11 is 0. The summed E-state index contributed by atoms with van der Waals surface area (Å²) in [5.41, 5.74) is 3.95. The standard InChI is InChI=1S/C20H24N4O2/c1-13-8-17(23-22-13)9-15-10-24(12-18(15)25)11-16-7-6-14-4-3-5-19(26-2)20(14)21-16/h3-8,15,18,25H,9-12H2,1-2H3,(H,22,23)/t15-,18+/m1/s1. The van der Waals surface area contributed by atoms with Crippen molar-refractivity contribution >= 4 is 10.9 Å².